The van der Waals surface area contributed by atoms with Gasteiger partial charge < -0.3 is 16.0 Å². The van der Waals surface area contributed by atoms with Crippen LogP contribution < -0.4 is 16.0 Å². The normalized spacial score (nSPS) is 10.1. The monoisotopic (exact) mass is 387 g/mol. The molecule has 0 saturated heterocycles. The molecule has 0 heterocycles. The standard InChI is InChI=1S/C23H21N3O3/c1-16(27)25-19-13-11-18(12-14-19)22(28)26-21-10-6-5-9-20(21)23(29)24-15-17-7-3-2-4-8-17/h2-14H,15H2,1H3,(H,24,29)(H,25,27)(H,26,28). The van der Waals surface area contributed by atoms with Crippen LogP contribution in [-0.2, 0) is 11.3 Å². The van der Waals surface area contributed by atoms with Gasteiger partial charge in [-0.2, -0.15) is 0 Å². The molecule has 146 valence electrons. The van der Waals surface area contributed by atoms with Crippen LogP contribution in [0.2, 0.25) is 0 Å². The molecule has 0 unspecified atom stereocenters. The van der Waals surface area contributed by atoms with Gasteiger partial charge in [-0.3, -0.25) is 14.4 Å². The quantitative estimate of drug-likeness (QED) is 0.601. The van der Waals surface area contributed by atoms with Gasteiger partial charge in [0.1, 0.15) is 0 Å². The van der Waals surface area contributed by atoms with Crippen LogP contribution in [0.4, 0.5) is 11.4 Å². The van der Waals surface area contributed by atoms with E-state index in [1.807, 2.05) is 30.3 Å². The highest BCUT2D eigenvalue weighted by Crippen LogP contribution is 2.17. The van der Waals surface area contributed by atoms with Crippen molar-refractivity contribution in [1.82, 2.24) is 5.32 Å². The second-order valence-electron chi connectivity index (χ2n) is 6.43. The lowest BCUT2D eigenvalue weighted by Crippen LogP contribution is -2.24. The highest BCUT2D eigenvalue weighted by molar-refractivity contribution is 6.09. The van der Waals surface area contributed by atoms with Crippen molar-refractivity contribution in [3.63, 3.8) is 0 Å². The van der Waals surface area contributed by atoms with E-state index in [0.717, 1.165) is 5.56 Å². The van der Waals surface area contributed by atoms with Gasteiger partial charge in [0.05, 0.1) is 11.3 Å². The average molecular weight is 387 g/mol. The second kappa shape index (κ2) is 9.32. The van der Waals surface area contributed by atoms with Gasteiger partial charge >= 0.3 is 0 Å². The maximum absolute atomic E-state index is 12.6. The maximum Gasteiger partial charge on any atom is 0.255 e. The minimum Gasteiger partial charge on any atom is -0.348 e. The van der Waals surface area contributed by atoms with Gasteiger partial charge in [-0.1, -0.05) is 42.5 Å². The lowest BCUT2D eigenvalue weighted by molar-refractivity contribution is -0.114. The van der Waals surface area contributed by atoms with Crippen molar-refractivity contribution >= 4 is 29.1 Å². The van der Waals surface area contributed by atoms with Gasteiger partial charge in [-0.05, 0) is 42.0 Å². The summed E-state index contributed by atoms with van der Waals surface area (Å²) in [6.07, 6.45) is 0. The number of hydrogen-bond donors (Lipinski definition) is 3. The third kappa shape index (κ3) is 5.52. The second-order valence-corrected chi connectivity index (χ2v) is 6.43. The summed E-state index contributed by atoms with van der Waals surface area (Å²) in [7, 11) is 0. The van der Waals surface area contributed by atoms with E-state index in [1.165, 1.54) is 6.92 Å². The number of amides is 3. The van der Waals surface area contributed by atoms with Crippen LogP contribution in [0.25, 0.3) is 0 Å². The van der Waals surface area contributed by atoms with Gasteiger partial charge in [0, 0.05) is 24.7 Å². The molecule has 3 aromatic carbocycles. The van der Waals surface area contributed by atoms with E-state index in [1.54, 1.807) is 48.5 Å². The SMILES string of the molecule is CC(=O)Nc1ccc(C(=O)Nc2ccccc2C(=O)NCc2ccccc2)cc1. The van der Waals surface area contributed by atoms with Gasteiger partial charge in [-0.15, -0.1) is 0 Å². The predicted molar refractivity (Wildman–Crippen MR) is 113 cm³/mol. The smallest absolute Gasteiger partial charge is 0.255 e. The molecule has 3 aromatic rings. The third-order valence-corrected chi connectivity index (χ3v) is 4.18. The van der Waals surface area contributed by atoms with Crippen LogP contribution >= 0.6 is 0 Å². The number of carbonyl (C=O) groups excluding carboxylic acids is 3. The van der Waals surface area contributed by atoms with E-state index >= 15 is 0 Å². The molecule has 3 N–H and O–H groups in total. The van der Waals surface area contributed by atoms with E-state index in [-0.39, 0.29) is 17.7 Å². The van der Waals surface area contributed by atoms with Crippen molar-refractivity contribution in [2.45, 2.75) is 13.5 Å². The molecule has 6 heteroatoms. The Bertz CT molecular complexity index is 1020. The molecule has 6 nitrogen and oxygen atoms in total. The van der Waals surface area contributed by atoms with Crippen LogP contribution in [-0.4, -0.2) is 17.7 Å². The lowest BCUT2D eigenvalue weighted by atomic mass is 10.1. The summed E-state index contributed by atoms with van der Waals surface area (Å²) in [4.78, 5) is 36.3. The van der Waals surface area contributed by atoms with Gasteiger partial charge in [0.2, 0.25) is 5.91 Å². The van der Waals surface area contributed by atoms with Gasteiger partial charge in [0.15, 0.2) is 0 Å². The van der Waals surface area contributed by atoms with E-state index in [0.29, 0.717) is 29.0 Å². The van der Waals surface area contributed by atoms with E-state index in [2.05, 4.69) is 16.0 Å². The summed E-state index contributed by atoms with van der Waals surface area (Å²) < 4.78 is 0. The summed E-state index contributed by atoms with van der Waals surface area (Å²) in [5, 5.41) is 8.29. The molecule has 0 saturated carbocycles. The van der Waals surface area contributed by atoms with Crippen LogP contribution in [0.1, 0.15) is 33.2 Å². The first kappa shape index (κ1) is 19.8. The van der Waals surface area contributed by atoms with Crippen molar-refractivity contribution in [2.75, 3.05) is 10.6 Å². The fraction of sp³-hybridized carbons (Fsp3) is 0.0870. The lowest BCUT2D eigenvalue weighted by Gasteiger charge is -2.12. The van der Waals surface area contributed by atoms with Crippen molar-refractivity contribution < 1.29 is 14.4 Å². The molecule has 0 atom stereocenters. The Kier molecular flexibility index (Phi) is 6.37. The Morgan fingerprint density at radius 2 is 1.38 bits per heavy atom. The number of carbonyl (C=O) groups is 3. The molecule has 0 aliphatic rings. The highest BCUT2D eigenvalue weighted by Gasteiger charge is 2.14. The van der Waals surface area contributed by atoms with Crippen molar-refractivity contribution in [1.29, 1.82) is 0 Å². The van der Waals surface area contributed by atoms with Crippen LogP contribution in [0, 0.1) is 0 Å². The maximum atomic E-state index is 12.6. The zero-order valence-electron chi connectivity index (χ0n) is 15.9. The molecule has 0 aromatic heterocycles. The Morgan fingerprint density at radius 3 is 2.07 bits per heavy atom. The zero-order chi connectivity index (χ0) is 20.6. The minimum absolute atomic E-state index is 0.183. The number of nitrogens with one attached hydrogen (secondary N) is 3. The number of benzene rings is 3. The highest BCUT2D eigenvalue weighted by atomic mass is 16.2. The van der Waals surface area contributed by atoms with Crippen LogP contribution in [0.15, 0.2) is 78.9 Å². The van der Waals surface area contributed by atoms with Crippen molar-refractivity contribution in [2.24, 2.45) is 0 Å². The van der Waals surface area contributed by atoms with Gasteiger partial charge in [0.25, 0.3) is 11.8 Å². The van der Waals surface area contributed by atoms with E-state index < -0.39 is 0 Å². The Labute approximate surface area is 169 Å². The first-order valence-electron chi connectivity index (χ1n) is 9.13. The molecule has 0 fully saturated rings. The Hall–Kier alpha value is -3.93. The Morgan fingerprint density at radius 1 is 0.724 bits per heavy atom. The summed E-state index contributed by atoms with van der Waals surface area (Å²) >= 11 is 0. The van der Waals surface area contributed by atoms with Crippen LogP contribution in [0.5, 0.6) is 0 Å². The van der Waals surface area contributed by atoms with Crippen LogP contribution in [0.3, 0.4) is 0 Å². The largest absolute Gasteiger partial charge is 0.348 e. The van der Waals surface area contributed by atoms with Crippen molar-refractivity contribution in [3.05, 3.63) is 95.6 Å². The number of rotatable bonds is 6. The van der Waals surface area contributed by atoms with Gasteiger partial charge in [-0.25, -0.2) is 0 Å². The minimum atomic E-state index is -0.345. The zero-order valence-corrected chi connectivity index (χ0v) is 15.9. The molecule has 0 bridgehead atoms. The Balaban J connectivity index is 1.68. The average Bonchev–Trinajstić information content (AvgIpc) is 2.73. The number of anilines is 2. The summed E-state index contributed by atoms with van der Waals surface area (Å²) in [6, 6.07) is 23.0. The molecule has 3 amide bonds. The van der Waals surface area contributed by atoms with Crippen molar-refractivity contribution in [3.8, 4) is 0 Å². The summed E-state index contributed by atoms with van der Waals surface area (Å²) in [5.41, 5.74) is 2.82. The predicted octanol–water partition coefficient (Wildman–Crippen LogP) is 3.83. The summed E-state index contributed by atoms with van der Waals surface area (Å²) in [6.45, 7) is 1.81. The molecule has 0 aliphatic heterocycles. The van der Waals surface area contributed by atoms with E-state index in [4.69, 9.17) is 0 Å². The number of para-hydroxylation sites is 1. The number of hydrogen-bond acceptors (Lipinski definition) is 3. The summed E-state index contributed by atoms with van der Waals surface area (Å²) in [5.74, 6) is -0.800. The first-order valence-corrected chi connectivity index (χ1v) is 9.13. The molecule has 3 rings (SSSR count). The molecule has 0 radical (unpaired) electrons. The molecule has 29 heavy (non-hydrogen) atoms. The molecular weight excluding hydrogens is 366 g/mol. The molecule has 0 spiro atoms. The molecular formula is C23H21N3O3. The fourth-order valence-corrected chi connectivity index (χ4v) is 2.77. The third-order valence-electron chi connectivity index (χ3n) is 4.18. The van der Waals surface area contributed by atoms with E-state index in [9.17, 15) is 14.4 Å². The first-order chi connectivity index (χ1) is 14.0. The topological polar surface area (TPSA) is 87.3 Å². The fourth-order valence-electron chi connectivity index (χ4n) is 2.77. The molecule has 0 aliphatic carbocycles.